The number of aromatic nitrogens is 2. The summed E-state index contributed by atoms with van der Waals surface area (Å²) < 4.78 is 22.5. The normalized spacial score (nSPS) is 13.3. The number of benzene rings is 3. The number of anilines is 2. The van der Waals surface area contributed by atoms with E-state index >= 15 is 0 Å². The van der Waals surface area contributed by atoms with E-state index in [0.717, 1.165) is 62.0 Å². The smallest absolute Gasteiger partial charge is 0.255 e. The van der Waals surface area contributed by atoms with Crippen molar-refractivity contribution in [2.45, 2.75) is 64.8 Å². The molecular formula is C51H61N5O7. The molecular weight excluding hydrogens is 795 g/mol. The number of nitrogens with one attached hydrogen (secondary N) is 2. The molecule has 0 aliphatic heterocycles. The number of amides is 2. The van der Waals surface area contributed by atoms with Crippen LogP contribution in [0.3, 0.4) is 0 Å². The third-order valence-electron chi connectivity index (χ3n) is 11.1. The van der Waals surface area contributed by atoms with Crippen LogP contribution in [0.15, 0.2) is 110 Å². The monoisotopic (exact) mass is 855 g/mol. The second-order valence-electron chi connectivity index (χ2n) is 15.4. The molecule has 0 saturated carbocycles. The van der Waals surface area contributed by atoms with Crippen LogP contribution in [0, 0.1) is 0 Å². The Labute approximate surface area is 371 Å². The van der Waals surface area contributed by atoms with Gasteiger partial charge in [-0.05, 0) is 124 Å². The minimum absolute atomic E-state index is 0.0425. The molecule has 0 saturated heterocycles. The van der Waals surface area contributed by atoms with Crippen molar-refractivity contribution in [1.82, 2.24) is 15.3 Å². The zero-order chi connectivity index (χ0) is 44.1. The molecule has 2 N–H and O–H groups in total. The van der Waals surface area contributed by atoms with Gasteiger partial charge in [-0.3, -0.25) is 24.4 Å². The number of Topliss-reactive ketones (excluding diaryl/α,β-unsaturated/α-hetero) is 1. The van der Waals surface area contributed by atoms with E-state index < -0.39 is 0 Å². The standard InChI is InChI=1S/C51H61N5O7/c1-3-56(4-2)43-21-22-47(45(36-43)48-35-41(23-25-53-48)51(59)54-46-19-8-15-39-14-5-6-18-44(39)46)55-50(58)40-16-7-12-38(34-40)13-10-26-60-28-30-62-32-33-63-31-29-61-27-11-20-49(57)42-17-9-24-52-37-42/h5-7,9,12,14,16-18,21-25,34-37,46H,3-4,8,10-11,13,15,19-20,26-33H2,1-2H3,(H,54,59)(H,55,58). The number of carbonyl (C=O) groups excluding carboxylic acids is 3. The summed E-state index contributed by atoms with van der Waals surface area (Å²) in [4.78, 5) is 50.5. The number of ketones is 1. The van der Waals surface area contributed by atoms with E-state index in [1.165, 1.54) is 11.1 Å². The van der Waals surface area contributed by atoms with Gasteiger partial charge >= 0.3 is 0 Å². The summed E-state index contributed by atoms with van der Waals surface area (Å²) in [6.07, 6.45) is 10.5. The Hall–Kier alpha value is -5.79. The molecule has 5 aromatic rings. The zero-order valence-corrected chi connectivity index (χ0v) is 36.7. The largest absolute Gasteiger partial charge is 0.379 e. The number of fused-ring (bicyclic) bond motifs is 1. The highest BCUT2D eigenvalue weighted by Gasteiger charge is 2.23. The molecule has 0 bridgehead atoms. The summed E-state index contributed by atoms with van der Waals surface area (Å²) in [5.74, 6) is -0.306. The minimum Gasteiger partial charge on any atom is -0.379 e. The molecule has 3 aromatic carbocycles. The number of nitrogens with zero attached hydrogens (tertiary/aromatic N) is 3. The summed E-state index contributed by atoms with van der Waals surface area (Å²) >= 11 is 0. The fourth-order valence-electron chi connectivity index (χ4n) is 7.71. The van der Waals surface area contributed by atoms with E-state index in [1.54, 1.807) is 36.8 Å². The maximum absolute atomic E-state index is 13.8. The van der Waals surface area contributed by atoms with Crippen LogP contribution in [0.2, 0.25) is 0 Å². The van der Waals surface area contributed by atoms with Crippen molar-refractivity contribution in [3.63, 3.8) is 0 Å². The first-order chi connectivity index (χ1) is 30.9. The molecule has 2 aromatic heterocycles. The second kappa shape index (κ2) is 25.4. The van der Waals surface area contributed by atoms with Crippen LogP contribution >= 0.6 is 0 Å². The first-order valence-corrected chi connectivity index (χ1v) is 22.3. The molecule has 1 unspecified atom stereocenters. The zero-order valence-electron chi connectivity index (χ0n) is 36.7. The maximum atomic E-state index is 13.8. The van der Waals surface area contributed by atoms with Crippen molar-refractivity contribution in [2.24, 2.45) is 0 Å². The van der Waals surface area contributed by atoms with Gasteiger partial charge in [0.2, 0.25) is 0 Å². The third-order valence-corrected chi connectivity index (χ3v) is 11.1. The summed E-state index contributed by atoms with van der Waals surface area (Å²) in [7, 11) is 0. The highest BCUT2D eigenvalue weighted by molar-refractivity contribution is 6.06. The molecule has 6 rings (SSSR count). The molecule has 2 heterocycles. The van der Waals surface area contributed by atoms with Gasteiger partial charge in [0.05, 0.1) is 57.1 Å². The summed E-state index contributed by atoms with van der Waals surface area (Å²) in [5.41, 5.74) is 8.16. The van der Waals surface area contributed by atoms with Crippen LogP contribution in [0.1, 0.15) is 99.8 Å². The van der Waals surface area contributed by atoms with E-state index in [1.807, 2.05) is 54.6 Å². The topological polar surface area (TPSA) is 141 Å². The van der Waals surface area contributed by atoms with Crippen molar-refractivity contribution in [2.75, 3.05) is 76.2 Å². The van der Waals surface area contributed by atoms with Gasteiger partial charge in [-0.2, -0.15) is 0 Å². The van der Waals surface area contributed by atoms with Crippen LogP contribution < -0.4 is 15.5 Å². The Kier molecular flexibility index (Phi) is 18.8. The lowest BCUT2D eigenvalue weighted by Gasteiger charge is -2.26. The lowest BCUT2D eigenvalue weighted by molar-refractivity contribution is -0.00222. The van der Waals surface area contributed by atoms with Gasteiger partial charge in [0.25, 0.3) is 11.8 Å². The molecule has 63 heavy (non-hydrogen) atoms. The predicted molar refractivity (Wildman–Crippen MR) is 247 cm³/mol. The fourth-order valence-corrected chi connectivity index (χ4v) is 7.71. The lowest BCUT2D eigenvalue weighted by Crippen LogP contribution is -2.31. The first kappa shape index (κ1) is 46.7. The maximum Gasteiger partial charge on any atom is 0.255 e. The SMILES string of the molecule is CCN(CC)c1ccc(NC(=O)c2cccc(CCCOCCOCCOCCOCCCC(=O)c3cccnc3)c2)c(-c2cc(C(=O)NC3CCCc4ccccc43)ccn2)c1. The van der Waals surface area contributed by atoms with Crippen molar-refractivity contribution >= 4 is 29.0 Å². The molecule has 12 heteroatoms. The van der Waals surface area contributed by atoms with Crippen LogP contribution in [-0.4, -0.2) is 93.5 Å². The molecule has 0 radical (unpaired) electrons. The second-order valence-corrected chi connectivity index (χ2v) is 15.4. The number of hydrogen-bond donors (Lipinski definition) is 2. The number of hydrogen-bond acceptors (Lipinski definition) is 10. The van der Waals surface area contributed by atoms with E-state index in [-0.39, 0.29) is 23.6 Å². The molecule has 1 aliphatic rings. The van der Waals surface area contributed by atoms with Gasteiger partial charge in [0.15, 0.2) is 5.78 Å². The van der Waals surface area contributed by atoms with Gasteiger partial charge in [0.1, 0.15) is 0 Å². The first-order valence-electron chi connectivity index (χ1n) is 22.3. The van der Waals surface area contributed by atoms with Crippen molar-refractivity contribution in [1.29, 1.82) is 0 Å². The molecule has 0 spiro atoms. The van der Waals surface area contributed by atoms with Crippen molar-refractivity contribution < 1.29 is 33.3 Å². The molecule has 332 valence electrons. The molecule has 1 aliphatic carbocycles. The van der Waals surface area contributed by atoms with Crippen LogP contribution in [0.5, 0.6) is 0 Å². The van der Waals surface area contributed by atoms with Crippen LogP contribution in [-0.2, 0) is 31.8 Å². The van der Waals surface area contributed by atoms with Gasteiger partial charge in [-0.1, -0.05) is 36.4 Å². The summed E-state index contributed by atoms with van der Waals surface area (Å²) in [5, 5.41) is 6.41. The van der Waals surface area contributed by atoms with E-state index in [2.05, 4.69) is 52.6 Å². The number of ether oxygens (including phenoxy) is 4. The predicted octanol–water partition coefficient (Wildman–Crippen LogP) is 8.71. The molecule has 1 atom stereocenters. The Morgan fingerprint density at radius 3 is 2.16 bits per heavy atom. The number of carbonyl (C=O) groups is 3. The quantitative estimate of drug-likeness (QED) is 0.0410. The van der Waals surface area contributed by atoms with Gasteiger partial charge in [-0.15, -0.1) is 0 Å². The number of rotatable bonds is 26. The van der Waals surface area contributed by atoms with E-state index in [4.69, 9.17) is 23.9 Å². The average molecular weight is 856 g/mol. The fraction of sp³-hybridized carbons (Fsp3) is 0.392. The van der Waals surface area contributed by atoms with E-state index in [0.29, 0.717) is 93.8 Å². The Balaban J connectivity index is 0.922. The van der Waals surface area contributed by atoms with Gasteiger partial charge < -0.3 is 34.5 Å². The van der Waals surface area contributed by atoms with Crippen molar-refractivity contribution in [3.8, 4) is 11.3 Å². The summed E-state index contributed by atoms with van der Waals surface area (Å²) in [6.45, 7) is 9.77. The van der Waals surface area contributed by atoms with Gasteiger partial charge in [-0.25, -0.2) is 0 Å². The van der Waals surface area contributed by atoms with E-state index in [9.17, 15) is 14.4 Å². The molecule has 0 fully saturated rings. The number of pyridine rings is 2. The molecule has 2 amide bonds. The Morgan fingerprint density at radius 2 is 1.41 bits per heavy atom. The third kappa shape index (κ3) is 14.4. The van der Waals surface area contributed by atoms with Crippen LogP contribution in [0.25, 0.3) is 11.3 Å². The molecule has 12 nitrogen and oxygen atoms in total. The Bertz CT molecular complexity index is 2210. The minimum atomic E-state index is -0.228. The van der Waals surface area contributed by atoms with Crippen molar-refractivity contribution in [3.05, 3.63) is 143 Å². The van der Waals surface area contributed by atoms with Crippen LogP contribution in [0.4, 0.5) is 11.4 Å². The average Bonchev–Trinajstić information content (AvgIpc) is 3.32. The highest BCUT2D eigenvalue weighted by Crippen LogP contribution is 2.33. The van der Waals surface area contributed by atoms with Gasteiger partial charge in [0, 0.05) is 79.3 Å². The summed E-state index contributed by atoms with van der Waals surface area (Å²) in [6, 6.07) is 29.0. The lowest BCUT2D eigenvalue weighted by atomic mass is 9.87. The Morgan fingerprint density at radius 1 is 0.698 bits per heavy atom. The number of aryl methyl sites for hydroxylation is 2. The highest BCUT2D eigenvalue weighted by atomic mass is 16.6.